The van der Waals surface area contributed by atoms with Crippen LogP contribution in [0.5, 0.6) is 0 Å². The van der Waals surface area contributed by atoms with Crippen LogP contribution in [0, 0.1) is 0 Å². The van der Waals surface area contributed by atoms with Crippen molar-refractivity contribution in [2.45, 2.75) is 31.3 Å². The second-order valence-corrected chi connectivity index (χ2v) is 4.78. The smallest absolute Gasteiger partial charge is 0.142 e. The van der Waals surface area contributed by atoms with Gasteiger partial charge in [-0.25, -0.2) is 9.97 Å². The predicted molar refractivity (Wildman–Crippen MR) is 61.5 cm³/mol. The zero-order valence-corrected chi connectivity index (χ0v) is 9.62. The first kappa shape index (κ1) is 10.1. The third-order valence-electron chi connectivity index (χ3n) is 3.55. The lowest BCUT2D eigenvalue weighted by molar-refractivity contribution is 0.151. The quantitative estimate of drug-likeness (QED) is 0.786. The number of halogens is 1. The van der Waals surface area contributed by atoms with Crippen molar-refractivity contribution >= 4 is 22.6 Å². The molecule has 0 saturated heterocycles. The largest absolute Gasteiger partial charge is 0.392 e. The second-order valence-electron chi connectivity index (χ2n) is 4.42. The monoisotopic (exact) mass is 237 g/mol. The summed E-state index contributed by atoms with van der Waals surface area (Å²) in [5.41, 5.74) is 1.64. The molecule has 4 nitrogen and oxygen atoms in total. The van der Waals surface area contributed by atoms with Crippen LogP contribution < -0.4 is 0 Å². The summed E-state index contributed by atoms with van der Waals surface area (Å²) in [6, 6.07) is 0. The minimum absolute atomic E-state index is 0.146. The normalized spacial score (nSPS) is 19.9. The minimum Gasteiger partial charge on any atom is -0.392 e. The van der Waals surface area contributed by atoms with E-state index in [0.29, 0.717) is 5.15 Å². The molecule has 16 heavy (non-hydrogen) atoms. The molecule has 0 aliphatic heterocycles. The fourth-order valence-electron chi connectivity index (χ4n) is 2.36. The molecule has 1 fully saturated rings. The molecule has 1 saturated carbocycles. The van der Waals surface area contributed by atoms with Crippen molar-refractivity contribution < 1.29 is 5.11 Å². The number of nitrogens with one attached hydrogen (secondary N) is 1. The zero-order valence-electron chi connectivity index (χ0n) is 8.87. The molecule has 2 heterocycles. The highest BCUT2D eigenvalue weighted by Gasteiger charge is 2.50. The number of aliphatic hydroxyl groups is 1. The summed E-state index contributed by atoms with van der Waals surface area (Å²) in [7, 11) is 0. The molecule has 1 aliphatic rings. The summed E-state index contributed by atoms with van der Waals surface area (Å²) in [6.07, 6.45) is 4.94. The van der Waals surface area contributed by atoms with E-state index in [-0.39, 0.29) is 11.5 Å². The molecule has 3 rings (SSSR count). The minimum atomic E-state index is -0.372. The van der Waals surface area contributed by atoms with Crippen LogP contribution in [0.4, 0.5) is 0 Å². The van der Waals surface area contributed by atoms with Gasteiger partial charge in [-0.05, 0) is 25.3 Å². The average Bonchev–Trinajstić information content (AvgIpc) is 2.94. The maximum atomic E-state index is 9.87. The van der Waals surface area contributed by atoms with Crippen molar-refractivity contribution in [1.29, 1.82) is 0 Å². The number of rotatable bonds is 2. The molecule has 1 atom stereocenters. The maximum absolute atomic E-state index is 9.87. The van der Waals surface area contributed by atoms with Crippen LogP contribution in [-0.2, 0) is 5.41 Å². The topological polar surface area (TPSA) is 61.8 Å². The predicted octanol–water partition coefficient (Wildman–Crippen LogP) is 2.02. The second kappa shape index (κ2) is 3.18. The van der Waals surface area contributed by atoms with Gasteiger partial charge in [0.1, 0.15) is 17.1 Å². The fraction of sp³-hybridized carbons (Fsp3) is 0.455. The molecular formula is C11H12ClN3O. The number of fused-ring (bicyclic) bond motifs is 1. The Morgan fingerprint density at radius 1 is 1.50 bits per heavy atom. The Hall–Kier alpha value is -1.13. The van der Waals surface area contributed by atoms with Crippen molar-refractivity contribution in [3.8, 4) is 0 Å². The van der Waals surface area contributed by atoms with Gasteiger partial charge in [0.2, 0.25) is 0 Å². The van der Waals surface area contributed by atoms with E-state index in [1.807, 2.05) is 13.1 Å². The van der Waals surface area contributed by atoms with Crippen molar-refractivity contribution in [2.75, 3.05) is 0 Å². The Morgan fingerprint density at radius 3 is 2.88 bits per heavy atom. The van der Waals surface area contributed by atoms with Gasteiger partial charge in [-0.3, -0.25) is 0 Å². The Labute approximate surface area is 97.7 Å². The van der Waals surface area contributed by atoms with Gasteiger partial charge in [-0.2, -0.15) is 0 Å². The summed E-state index contributed by atoms with van der Waals surface area (Å²) < 4.78 is 0. The molecule has 1 aliphatic carbocycles. The van der Waals surface area contributed by atoms with Gasteiger partial charge < -0.3 is 10.1 Å². The SMILES string of the molecule is CC(O)C1(c2c[nH]c3ncnc(Cl)c23)CC1. The molecule has 2 aromatic rings. The first-order valence-electron chi connectivity index (χ1n) is 5.31. The Kier molecular flexibility index (Phi) is 2.00. The molecule has 2 N–H and O–H groups in total. The van der Waals surface area contributed by atoms with Gasteiger partial charge >= 0.3 is 0 Å². The number of aromatic amines is 1. The number of hydrogen-bond donors (Lipinski definition) is 2. The molecule has 84 valence electrons. The first-order valence-corrected chi connectivity index (χ1v) is 5.69. The lowest BCUT2D eigenvalue weighted by Gasteiger charge is -2.17. The molecular weight excluding hydrogens is 226 g/mol. The Morgan fingerprint density at radius 2 is 2.25 bits per heavy atom. The Bertz CT molecular complexity index is 545. The molecule has 0 bridgehead atoms. The molecule has 2 aromatic heterocycles. The molecule has 0 spiro atoms. The van der Waals surface area contributed by atoms with E-state index in [1.165, 1.54) is 6.33 Å². The number of nitrogens with zero attached hydrogens (tertiary/aromatic N) is 2. The van der Waals surface area contributed by atoms with Gasteiger partial charge in [0, 0.05) is 11.6 Å². The highest BCUT2D eigenvalue weighted by atomic mass is 35.5. The van der Waals surface area contributed by atoms with Gasteiger partial charge in [0.15, 0.2) is 0 Å². The van der Waals surface area contributed by atoms with E-state index < -0.39 is 0 Å². The van der Waals surface area contributed by atoms with Gasteiger partial charge in [-0.1, -0.05) is 11.6 Å². The van der Waals surface area contributed by atoms with Crippen molar-refractivity contribution in [3.63, 3.8) is 0 Å². The van der Waals surface area contributed by atoms with Gasteiger partial charge in [-0.15, -0.1) is 0 Å². The molecule has 5 heteroatoms. The lowest BCUT2D eigenvalue weighted by Crippen LogP contribution is -2.22. The summed E-state index contributed by atoms with van der Waals surface area (Å²) in [4.78, 5) is 11.2. The molecule has 0 amide bonds. The summed E-state index contributed by atoms with van der Waals surface area (Å²) in [5, 5.41) is 11.2. The number of aromatic nitrogens is 3. The Balaban J connectivity index is 2.25. The van der Waals surface area contributed by atoms with E-state index in [2.05, 4.69) is 15.0 Å². The summed E-state index contributed by atoms with van der Waals surface area (Å²) >= 11 is 6.09. The highest BCUT2D eigenvalue weighted by molar-refractivity contribution is 6.34. The van der Waals surface area contributed by atoms with Crippen LogP contribution in [0.25, 0.3) is 11.0 Å². The van der Waals surface area contributed by atoms with Crippen LogP contribution in [0.1, 0.15) is 25.3 Å². The van der Waals surface area contributed by atoms with Crippen LogP contribution >= 0.6 is 11.6 Å². The van der Waals surface area contributed by atoms with Crippen LogP contribution in [-0.4, -0.2) is 26.2 Å². The third-order valence-corrected chi connectivity index (χ3v) is 3.83. The van der Waals surface area contributed by atoms with Crippen molar-refractivity contribution in [1.82, 2.24) is 15.0 Å². The van der Waals surface area contributed by atoms with E-state index in [4.69, 9.17) is 11.6 Å². The maximum Gasteiger partial charge on any atom is 0.142 e. The van der Waals surface area contributed by atoms with E-state index in [1.54, 1.807) is 0 Å². The summed E-state index contributed by atoms with van der Waals surface area (Å²) in [5.74, 6) is 0. The van der Waals surface area contributed by atoms with Crippen molar-refractivity contribution in [3.05, 3.63) is 23.2 Å². The molecule has 0 radical (unpaired) electrons. The van der Waals surface area contributed by atoms with Gasteiger partial charge in [0.25, 0.3) is 0 Å². The van der Waals surface area contributed by atoms with Crippen LogP contribution in [0.15, 0.2) is 12.5 Å². The van der Waals surface area contributed by atoms with E-state index in [0.717, 1.165) is 29.4 Å². The van der Waals surface area contributed by atoms with E-state index in [9.17, 15) is 5.11 Å². The molecule has 1 unspecified atom stereocenters. The number of hydrogen-bond acceptors (Lipinski definition) is 3. The molecule has 0 aromatic carbocycles. The zero-order chi connectivity index (χ0) is 11.3. The summed E-state index contributed by atoms with van der Waals surface area (Å²) in [6.45, 7) is 1.82. The lowest BCUT2D eigenvalue weighted by atomic mass is 9.91. The van der Waals surface area contributed by atoms with E-state index >= 15 is 0 Å². The highest BCUT2D eigenvalue weighted by Crippen LogP contribution is 2.53. The average molecular weight is 238 g/mol. The standard InChI is InChI=1S/C11H12ClN3O/c1-6(16)11(2-3-11)7-4-13-10-8(7)9(12)14-5-15-10/h4-6,16H,2-3H2,1H3,(H,13,14,15). The van der Waals surface area contributed by atoms with Gasteiger partial charge in [0.05, 0.1) is 11.5 Å². The number of aliphatic hydroxyl groups excluding tert-OH is 1. The fourth-order valence-corrected chi connectivity index (χ4v) is 2.60. The number of H-pyrrole nitrogens is 1. The van der Waals surface area contributed by atoms with Crippen LogP contribution in [0.2, 0.25) is 5.15 Å². The first-order chi connectivity index (χ1) is 7.65. The van der Waals surface area contributed by atoms with Crippen molar-refractivity contribution in [2.24, 2.45) is 0 Å². The van der Waals surface area contributed by atoms with Crippen LogP contribution in [0.3, 0.4) is 0 Å². The third kappa shape index (κ3) is 1.20.